The average Bonchev–Trinajstić information content (AvgIpc) is 2.62. The summed E-state index contributed by atoms with van der Waals surface area (Å²) in [7, 11) is 0. The van der Waals surface area contributed by atoms with E-state index >= 15 is 0 Å². The van der Waals surface area contributed by atoms with Crippen molar-refractivity contribution >= 4 is 5.78 Å². The Morgan fingerprint density at radius 3 is 2.75 bits per heavy atom. The van der Waals surface area contributed by atoms with Gasteiger partial charge in [0, 0.05) is 12.0 Å². The molecule has 0 aliphatic carbocycles. The second-order valence-electron chi connectivity index (χ2n) is 4.15. The van der Waals surface area contributed by atoms with Crippen LogP contribution in [0.1, 0.15) is 29.8 Å². The van der Waals surface area contributed by atoms with Crippen LogP contribution in [0, 0.1) is 0 Å². The maximum absolute atomic E-state index is 11.3. The first-order chi connectivity index (χ1) is 7.50. The second-order valence-corrected chi connectivity index (χ2v) is 4.15. The van der Waals surface area contributed by atoms with Gasteiger partial charge in [-0.1, -0.05) is 6.58 Å². The van der Waals surface area contributed by atoms with Gasteiger partial charge >= 0.3 is 0 Å². The van der Waals surface area contributed by atoms with E-state index in [1.807, 2.05) is 6.92 Å². The Hall–Kier alpha value is -1.77. The Balaban J connectivity index is 2.44. The smallest absolute Gasteiger partial charge is 0.163 e. The van der Waals surface area contributed by atoms with Crippen LogP contribution in [-0.4, -0.2) is 17.0 Å². The van der Waals surface area contributed by atoms with Gasteiger partial charge in [-0.05, 0) is 31.6 Å². The SMILES string of the molecule is C=C(C)[C@@H]1Cc2c(ccc(C(C)=O)c2O)O1. The fourth-order valence-electron chi connectivity index (χ4n) is 1.86. The molecule has 3 nitrogen and oxygen atoms in total. The van der Waals surface area contributed by atoms with E-state index in [0.717, 1.165) is 5.57 Å². The Kier molecular flexibility index (Phi) is 2.46. The van der Waals surface area contributed by atoms with Gasteiger partial charge in [-0.25, -0.2) is 0 Å². The first-order valence-electron chi connectivity index (χ1n) is 5.18. The van der Waals surface area contributed by atoms with Gasteiger partial charge in [0.15, 0.2) is 5.78 Å². The second kappa shape index (κ2) is 3.67. The highest BCUT2D eigenvalue weighted by molar-refractivity contribution is 5.97. The molecule has 1 aliphatic heterocycles. The number of phenols is 1. The lowest BCUT2D eigenvalue weighted by Crippen LogP contribution is -2.13. The number of Topliss-reactive ketones (excluding diaryl/α,β-unsaturated/α-hetero) is 1. The Morgan fingerprint density at radius 1 is 1.50 bits per heavy atom. The number of phenolic OH excluding ortho intramolecular Hbond substituents is 1. The third kappa shape index (κ3) is 1.58. The van der Waals surface area contributed by atoms with Gasteiger partial charge in [0.25, 0.3) is 0 Å². The zero-order valence-electron chi connectivity index (χ0n) is 9.41. The van der Waals surface area contributed by atoms with Gasteiger partial charge < -0.3 is 9.84 Å². The van der Waals surface area contributed by atoms with Crippen molar-refractivity contribution in [3.8, 4) is 11.5 Å². The van der Waals surface area contributed by atoms with Crippen LogP contribution in [0.4, 0.5) is 0 Å². The van der Waals surface area contributed by atoms with Crippen LogP contribution in [0.3, 0.4) is 0 Å². The van der Waals surface area contributed by atoms with Crippen molar-refractivity contribution < 1.29 is 14.6 Å². The molecular weight excluding hydrogens is 204 g/mol. The van der Waals surface area contributed by atoms with Crippen molar-refractivity contribution in [2.24, 2.45) is 0 Å². The summed E-state index contributed by atoms with van der Waals surface area (Å²) in [6, 6.07) is 3.33. The molecule has 0 bridgehead atoms. The third-order valence-corrected chi connectivity index (χ3v) is 2.83. The Labute approximate surface area is 94.4 Å². The molecular formula is C13H14O3. The van der Waals surface area contributed by atoms with Crippen molar-refractivity contribution in [1.82, 2.24) is 0 Å². The summed E-state index contributed by atoms with van der Waals surface area (Å²) in [6.45, 7) is 7.16. The summed E-state index contributed by atoms with van der Waals surface area (Å²) in [5, 5.41) is 9.95. The Morgan fingerprint density at radius 2 is 2.19 bits per heavy atom. The summed E-state index contributed by atoms with van der Waals surface area (Å²) in [4.78, 5) is 11.3. The first-order valence-corrected chi connectivity index (χ1v) is 5.18. The minimum absolute atomic E-state index is 0.0498. The van der Waals surface area contributed by atoms with Crippen LogP contribution in [0.25, 0.3) is 0 Å². The van der Waals surface area contributed by atoms with E-state index in [1.54, 1.807) is 12.1 Å². The van der Waals surface area contributed by atoms with E-state index in [0.29, 0.717) is 23.3 Å². The molecule has 1 heterocycles. The molecule has 1 aliphatic rings. The molecule has 0 fully saturated rings. The molecule has 84 valence electrons. The monoisotopic (exact) mass is 218 g/mol. The highest BCUT2D eigenvalue weighted by Crippen LogP contribution is 2.39. The molecule has 0 unspecified atom stereocenters. The summed E-state index contributed by atoms with van der Waals surface area (Å²) in [5.74, 6) is 0.559. The summed E-state index contributed by atoms with van der Waals surface area (Å²) in [5.41, 5.74) is 1.98. The van der Waals surface area contributed by atoms with Crippen molar-refractivity contribution in [3.05, 3.63) is 35.4 Å². The molecule has 2 rings (SSSR count). The van der Waals surface area contributed by atoms with E-state index in [9.17, 15) is 9.90 Å². The van der Waals surface area contributed by atoms with Crippen molar-refractivity contribution in [3.63, 3.8) is 0 Å². The van der Waals surface area contributed by atoms with Gasteiger partial charge in [0.1, 0.15) is 17.6 Å². The molecule has 1 aromatic rings. The summed E-state index contributed by atoms with van der Waals surface area (Å²) in [6.07, 6.45) is 0.487. The van der Waals surface area contributed by atoms with Gasteiger partial charge in [-0.3, -0.25) is 4.79 Å². The lowest BCUT2D eigenvalue weighted by molar-refractivity contribution is 0.101. The molecule has 0 aromatic heterocycles. The lowest BCUT2D eigenvalue weighted by Gasteiger charge is -2.08. The number of benzene rings is 1. The number of hydrogen-bond acceptors (Lipinski definition) is 3. The first kappa shape index (κ1) is 10.7. The minimum atomic E-state index is -0.140. The molecule has 0 saturated carbocycles. The van der Waals surface area contributed by atoms with Gasteiger partial charge in [0.05, 0.1) is 5.56 Å². The predicted molar refractivity (Wildman–Crippen MR) is 61.0 cm³/mol. The van der Waals surface area contributed by atoms with Crippen molar-refractivity contribution in [1.29, 1.82) is 0 Å². The molecule has 0 amide bonds. The quantitative estimate of drug-likeness (QED) is 0.612. The number of carbonyl (C=O) groups excluding carboxylic acids is 1. The molecule has 1 aromatic carbocycles. The van der Waals surface area contributed by atoms with E-state index in [1.165, 1.54) is 6.92 Å². The number of ketones is 1. The predicted octanol–water partition coefficient (Wildman–Crippen LogP) is 2.47. The van der Waals surface area contributed by atoms with Crippen LogP contribution < -0.4 is 4.74 Å². The average molecular weight is 218 g/mol. The highest BCUT2D eigenvalue weighted by atomic mass is 16.5. The zero-order chi connectivity index (χ0) is 11.9. The number of fused-ring (bicyclic) bond motifs is 1. The molecule has 3 heteroatoms. The van der Waals surface area contributed by atoms with Crippen LogP contribution >= 0.6 is 0 Å². The molecule has 0 saturated heterocycles. The summed E-state index contributed by atoms with van der Waals surface area (Å²) >= 11 is 0. The van der Waals surface area contributed by atoms with Crippen LogP contribution in [0.2, 0.25) is 0 Å². The number of aromatic hydroxyl groups is 1. The molecule has 1 N–H and O–H groups in total. The number of carbonyl (C=O) groups is 1. The highest BCUT2D eigenvalue weighted by Gasteiger charge is 2.27. The minimum Gasteiger partial charge on any atom is -0.507 e. The van der Waals surface area contributed by atoms with Crippen LogP contribution in [0.15, 0.2) is 24.3 Å². The van der Waals surface area contributed by atoms with E-state index < -0.39 is 0 Å². The zero-order valence-corrected chi connectivity index (χ0v) is 9.41. The largest absolute Gasteiger partial charge is 0.507 e. The lowest BCUT2D eigenvalue weighted by atomic mass is 10.0. The van der Waals surface area contributed by atoms with Gasteiger partial charge in [-0.15, -0.1) is 0 Å². The van der Waals surface area contributed by atoms with E-state index in [-0.39, 0.29) is 17.6 Å². The maximum Gasteiger partial charge on any atom is 0.163 e. The van der Waals surface area contributed by atoms with Crippen LogP contribution in [0.5, 0.6) is 11.5 Å². The molecule has 1 atom stereocenters. The molecule has 0 spiro atoms. The van der Waals surface area contributed by atoms with Crippen molar-refractivity contribution in [2.75, 3.05) is 0 Å². The van der Waals surface area contributed by atoms with Gasteiger partial charge in [-0.2, -0.15) is 0 Å². The Bertz CT molecular complexity index is 474. The number of ether oxygens (including phenoxy) is 1. The van der Waals surface area contributed by atoms with E-state index in [2.05, 4.69) is 6.58 Å². The fourth-order valence-corrected chi connectivity index (χ4v) is 1.86. The maximum atomic E-state index is 11.3. The summed E-state index contributed by atoms with van der Waals surface area (Å²) < 4.78 is 5.61. The van der Waals surface area contributed by atoms with Crippen LogP contribution in [-0.2, 0) is 6.42 Å². The van der Waals surface area contributed by atoms with Gasteiger partial charge in [0.2, 0.25) is 0 Å². The van der Waals surface area contributed by atoms with E-state index in [4.69, 9.17) is 4.74 Å². The molecule has 0 radical (unpaired) electrons. The molecule has 16 heavy (non-hydrogen) atoms. The number of rotatable bonds is 2. The van der Waals surface area contributed by atoms with Crippen molar-refractivity contribution in [2.45, 2.75) is 26.4 Å². The standard InChI is InChI=1S/C13H14O3/c1-7(2)12-6-10-11(16-12)5-4-9(8(3)14)13(10)15/h4-5,12,15H,1,6H2,2-3H3/t12-/m0/s1. The topological polar surface area (TPSA) is 46.5 Å². The fraction of sp³-hybridized carbons (Fsp3) is 0.308. The number of hydrogen-bond donors (Lipinski definition) is 1. The normalized spacial score (nSPS) is 17.8. The third-order valence-electron chi connectivity index (χ3n) is 2.83.